The summed E-state index contributed by atoms with van der Waals surface area (Å²) in [6.07, 6.45) is -0.433. The van der Waals surface area contributed by atoms with Crippen LogP contribution in [0.4, 0.5) is 21.9 Å². The fraction of sp³-hybridized carbons (Fsp3) is 0.188. The number of ether oxygens (including phenoxy) is 1. The molecule has 0 saturated carbocycles. The molecule has 2 aromatic carbocycles. The lowest BCUT2D eigenvalue weighted by Gasteiger charge is -2.17. The highest BCUT2D eigenvalue weighted by molar-refractivity contribution is 5.94. The lowest BCUT2D eigenvalue weighted by Crippen LogP contribution is -2.30. The Balaban J connectivity index is 1.86. The van der Waals surface area contributed by atoms with Crippen molar-refractivity contribution in [2.45, 2.75) is 13.0 Å². The summed E-state index contributed by atoms with van der Waals surface area (Å²) in [6.45, 7) is 0.206. The molecule has 0 atom stereocenters. The van der Waals surface area contributed by atoms with E-state index in [1.165, 1.54) is 6.07 Å². The van der Waals surface area contributed by atoms with Gasteiger partial charge in [0.05, 0.1) is 15.9 Å². The van der Waals surface area contributed by atoms with Crippen molar-refractivity contribution in [3.63, 3.8) is 0 Å². The van der Waals surface area contributed by atoms with Gasteiger partial charge in [0.1, 0.15) is 12.3 Å². The van der Waals surface area contributed by atoms with Crippen LogP contribution in [-0.4, -0.2) is 22.5 Å². The first-order valence-corrected chi connectivity index (χ1v) is 7.41. The fourth-order valence-electron chi connectivity index (χ4n) is 2.73. The zero-order valence-electron chi connectivity index (χ0n) is 13.0. The third-order valence-electron chi connectivity index (χ3n) is 3.86. The van der Waals surface area contributed by atoms with Gasteiger partial charge in [-0.25, -0.2) is 4.79 Å². The molecule has 2 aromatic rings. The number of rotatable bonds is 4. The Morgan fingerprint density at radius 3 is 2.48 bits per heavy atom. The predicted octanol–water partition coefficient (Wildman–Crippen LogP) is 3.20. The van der Waals surface area contributed by atoms with E-state index < -0.39 is 21.6 Å². The number of amides is 1. The number of nitro groups is 2. The van der Waals surface area contributed by atoms with Gasteiger partial charge >= 0.3 is 6.09 Å². The summed E-state index contributed by atoms with van der Waals surface area (Å²) in [6, 6.07) is 11.1. The number of hydrogen-bond acceptors (Lipinski definition) is 6. The normalized spacial score (nSPS) is 12.6. The Bertz CT molecular complexity index is 852. The standard InChI is InChI=1S/C16H13N3O6/c20-16(25-10-11-4-2-1-3-5-11)17-7-6-12-8-13(18(21)22)9-14(15(12)17)19(23)24/h1-5,8-9H,6-7,10H2. The van der Waals surface area contributed by atoms with Crippen molar-refractivity contribution in [1.82, 2.24) is 0 Å². The highest BCUT2D eigenvalue weighted by Gasteiger charge is 2.35. The van der Waals surface area contributed by atoms with Crippen LogP contribution in [0.2, 0.25) is 0 Å². The number of non-ortho nitro benzene ring substituents is 1. The van der Waals surface area contributed by atoms with Gasteiger partial charge in [0.2, 0.25) is 0 Å². The molecule has 0 unspecified atom stereocenters. The van der Waals surface area contributed by atoms with Crippen LogP contribution < -0.4 is 4.90 Å². The summed E-state index contributed by atoms with van der Waals surface area (Å²) < 4.78 is 5.21. The van der Waals surface area contributed by atoms with Crippen LogP contribution in [0.3, 0.4) is 0 Å². The molecule has 0 bridgehead atoms. The summed E-state index contributed by atoms with van der Waals surface area (Å²) in [5, 5.41) is 22.2. The molecule has 9 heteroatoms. The average Bonchev–Trinajstić information content (AvgIpc) is 3.03. The van der Waals surface area contributed by atoms with Crippen molar-refractivity contribution in [3.8, 4) is 0 Å². The van der Waals surface area contributed by atoms with E-state index >= 15 is 0 Å². The minimum atomic E-state index is -0.728. The van der Waals surface area contributed by atoms with Crippen molar-refractivity contribution in [2.75, 3.05) is 11.4 Å². The molecule has 0 spiro atoms. The monoisotopic (exact) mass is 343 g/mol. The van der Waals surface area contributed by atoms with Gasteiger partial charge in [-0.15, -0.1) is 0 Å². The van der Waals surface area contributed by atoms with Crippen LogP contribution in [0.1, 0.15) is 11.1 Å². The summed E-state index contributed by atoms with van der Waals surface area (Å²) in [5.74, 6) is 0. The summed E-state index contributed by atoms with van der Waals surface area (Å²) in [7, 11) is 0. The Morgan fingerprint density at radius 2 is 1.84 bits per heavy atom. The summed E-state index contributed by atoms with van der Waals surface area (Å²) >= 11 is 0. The molecule has 128 valence electrons. The van der Waals surface area contributed by atoms with Crippen molar-refractivity contribution >= 4 is 23.2 Å². The number of carbonyl (C=O) groups is 1. The van der Waals surface area contributed by atoms with Gasteiger partial charge in [-0.3, -0.25) is 25.1 Å². The van der Waals surface area contributed by atoms with E-state index in [9.17, 15) is 25.0 Å². The van der Waals surface area contributed by atoms with E-state index in [0.717, 1.165) is 16.5 Å². The second-order valence-corrected chi connectivity index (χ2v) is 5.43. The first-order valence-electron chi connectivity index (χ1n) is 7.41. The molecule has 0 aliphatic carbocycles. The molecule has 9 nitrogen and oxygen atoms in total. The molecule has 1 amide bonds. The van der Waals surface area contributed by atoms with Gasteiger partial charge in [0.15, 0.2) is 0 Å². The second kappa shape index (κ2) is 6.56. The van der Waals surface area contributed by atoms with E-state index in [-0.39, 0.29) is 30.9 Å². The third kappa shape index (κ3) is 3.25. The highest BCUT2D eigenvalue weighted by atomic mass is 16.6. The first-order chi connectivity index (χ1) is 12.0. The molecule has 1 aliphatic rings. The Hall–Kier alpha value is -3.49. The molecule has 25 heavy (non-hydrogen) atoms. The van der Waals surface area contributed by atoms with Crippen LogP contribution in [-0.2, 0) is 17.8 Å². The Kier molecular flexibility index (Phi) is 4.29. The maximum absolute atomic E-state index is 12.3. The van der Waals surface area contributed by atoms with Crippen molar-refractivity contribution < 1.29 is 19.4 Å². The average molecular weight is 343 g/mol. The predicted molar refractivity (Wildman–Crippen MR) is 87.4 cm³/mol. The van der Waals surface area contributed by atoms with Crippen molar-refractivity contribution in [3.05, 3.63) is 73.8 Å². The number of nitro benzene ring substituents is 2. The van der Waals surface area contributed by atoms with Crippen LogP contribution >= 0.6 is 0 Å². The van der Waals surface area contributed by atoms with E-state index in [1.54, 1.807) is 24.3 Å². The lowest BCUT2D eigenvalue weighted by molar-refractivity contribution is -0.393. The molecule has 0 saturated heterocycles. The molecule has 0 radical (unpaired) electrons. The van der Waals surface area contributed by atoms with Gasteiger partial charge in [0, 0.05) is 12.6 Å². The molecule has 1 heterocycles. The van der Waals surface area contributed by atoms with Gasteiger partial charge < -0.3 is 4.74 Å². The van der Waals surface area contributed by atoms with E-state index in [2.05, 4.69) is 0 Å². The van der Waals surface area contributed by atoms with Gasteiger partial charge in [-0.2, -0.15) is 0 Å². The van der Waals surface area contributed by atoms with Crippen LogP contribution in [0, 0.1) is 20.2 Å². The maximum Gasteiger partial charge on any atom is 0.414 e. The number of anilines is 1. The fourth-order valence-corrected chi connectivity index (χ4v) is 2.73. The Labute approximate surface area is 141 Å². The maximum atomic E-state index is 12.3. The van der Waals surface area contributed by atoms with Gasteiger partial charge in [-0.05, 0) is 17.5 Å². The van der Waals surface area contributed by atoms with Gasteiger partial charge in [0.25, 0.3) is 11.4 Å². The van der Waals surface area contributed by atoms with Gasteiger partial charge in [-0.1, -0.05) is 30.3 Å². The topological polar surface area (TPSA) is 116 Å². The van der Waals surface area contributed by atoms with Crippen LogP contribution in [0.25, 0.3) is 0 Å². The van der Waals surface area contributed by atoms with Crippen LogP contribution in [0.5, 0.6) is 0 Å². The molecule has 3 rings (SSSR count). The second-order valence-electron chi connectivity index (χ2n) is 5.43. The number of nitrogens with zero attached hydrogens (tertiary/aromatic N) is 3. The molecular weight excluding hydrogens is 330 g/mol. The first kappa shape index (κ1) is 16.4. The zero-order chi connectivity index (χ0) is 18.0. The smallest absolute Gasteiger partial charge is 0.414 e. The van der Waals surface area contributed by atoms with E-state index in [4.69, 9.17) is 4.74 Å². The van der Waals surface area contributed by atoms with E-state index in [0.29, 0.717) is 5.56 Å². The molecular formula is C16H13N3O6. The SMILES string of the molecule is O=C(OCc1ccccc1)N1CCc2cc([N+](=O)[O-])cc([N+](=O)[O-])c21. The largest absolute Gasteiger partial charge is 0.444 e. The number of carbonyl (C=O) groups excluding carboxylic acids is 1. The highest BCUT2D eigenvalue weighted by Crippen LogP contribution is 2.40. The number of benzene rings is 2. The zero-order valence-corrected chi connectivity index (χ0v) is 13.0. The Morgan fingerprint density at radius 1 is 1.12 bits per heavy atom. The van der Waals surface area contributed by atoms with Crippen molar-refractivity contribution in [1.29, 1.82) is 0 Å². The number of hydrogen-bond donors (Lipinski definition) is 0. The molecule has 0 aromatic heterocycles. The quantitative estimate of drug-likeness (QED) is 0.621. The number of fused-ring (bicyclic) bond motifs is 1. The summed E-state index contributed by atoms with van der Waals surface area (Å²) in [4.78, 5) is 34.3. The minimum absolute atomic E-state index is 0.0340. The lowest BCUT2D eigenvalue weighted by atomic mass is 10.1. The van der Waals surface area contributed by atoms with E-state index in [1.807, 2.05) is 6.07 Å². The molecule has 1 aliphatic heterocycles. The summed E-state index contributed by atoms with van der Waals surface area (Å²) in [5.41, 5.74) is 0.392. The van der Waals surface area contributed by atoms with Crippen molar-refractivity contribution in [2.24, 2.45) is 0 Å². The minimum Gasteiger partial charge on any atom is -0.444 e. The van der Waals surface area contributed by atoms with Crippen LogP contribution in [0.15, 0.2) is 42.5 Å². The molecule has 0 N–H and O–H groups in total. The third-order valence-corrected chi connectivity index (χ3v) is 3.86. The molecule has 0 fully saturated rings.